The Kier molecular flexibility index (Phi) is 7.34. The molecule has 0 fully saturated rings. The average Bonchev–Trinajstić information content (AvgIpc) is 3.09. The van der Waals surface area contributed by atoms with Crippen molar-refractivity contribution < 1.29 is 9.53 Å². The summed E-state index contributed by atoms with van der Waals surface area (Å²) < 4.78 is 5.85. The van der Waals surface area contributed by atoms with Crippen molar-refractivity contribution in [3.63, 3.8) is 0 Å². The molecule has 1 amide bonds. The summed E-state index contributed by atoms with van der Waals surface area (Å²) >= 11 is 1.47. The molecule has 1 heterocycles. The number of nitrogens with zero attached hydrogens (tertiary/aromatic N) is 1. The fourth-order valence-electron chi connectivity index (χ4n) is 2.94. The van der Waals surface area contributed by atoms with Crippen LogP contribution in [0.25, 0.3) is 0 Å². The SMILES string of the molecule is Cc1nc(Cc2ccccc2)sc1C(=O)NCCCOC(C)c1ccccc1. The molecule has 0 bridgehead atoms. The summed E-state index contributed by atoms with van der Waals surface area (Å²) in [6.07, 6.45) is 1.59. The van der Waals surface area contributed by atoms with E-state index in [2.05, 4.69) is 34.6 Å². The largest absolute Gasteiger partial charge is 0.374 e. The zero-order chi connectivity index (χ0) is 19.8. The fraction of sp³-hybridized carbons (Fsp3) is 0.304. The number of aromatic nitrogens is 1. The van der Waals surface area contributed by atoms with Crippen LogP contribution in [0.4, 0.5) is 0 Å². The maximum atomic E-state index is 12.5. The molecular formula is C23H26N2O2S. The molecule has 3 rings (SSSR count). The zero-order valence-electron chi connectivity index (χ0n) is 16.4. The molecule has 0 aliphatic heterocycles. The molecular weight excluding hydrogens is 368 g/mol. The third-order valence-electron chi connectivity index (χ3n) is 4.49. The van der Waals surface area contributed by atoms with E-state index in [4.69, 9.17) is 4.74 Å². The number of thiazole rings is 1. The summed E-state index contributed by atoms with van der Waals surface area (Å²) in [5.74, 6) is -0.0505. The second-order valence-electron chi connectivity index (χ2n) is 6.72. The van der Waals surface area contributed by atoms with Crippen LogP contribution in [0.15, 0.2) is 60.7 Å². The molecule has 0 aliphatic carbocycles. The fourth-order valence-corrected chi connectivity index (χ4v) is 3.96. The van der Waals surface area contributed by atoms with Crippen LogP contribution in [0.2, 0.25) is 0 Å². The third-order valence-corrected chi connectivity index (χ3v) is 5.64. The Labute approximate surface area is 170 Å². The van der Waals surface area contributed by atoms with E-state index in [9.17, 15) is 4.79 Å². The van der Waals surface area contributed by atoms with E-state index in [0.717, 1.165) is 29.1 Å². The van der Waals surface area contributed by atoms with Gasteiger partial charge in [-0.1, -0.05) is 60.7 Å². The van der Waals surface area contributed by atoms with Gasteiger partial charge in [-0.25, -0.2) is 4.98 Å². The highest BCUT2D eigenvalue weighted by Crippen LogP contribution is 2.21. The molecule has 3 aromatic rings. The molecule has 0 radical (unpaired) electrons. The molecule has 0 saturated carbocycles. The maximum absolute atomic E-state index is 12.5. The molecule has 0 spiro atoms. The van der Waals surface area contributed by atoms with Gasteiger partial charge in [0.2, 0.25) is 0 Å². The molecule has 1 N–H and O–H groups in total. The summed E-state index contributed by atoms with van der Waals surface area (Å²) in [6.45, 7) is 5.14. The second kappa shape index (κ2) is 10.2. The van der Waals surface area contributed by atoms with E-state index >= 15 is 0 Å². The molecule has 1 unspecified atom stereocenters. The lowest BCUT2D eigenvalue weighted by molar-refractivity contribution is 0.0635. The number of carbonyl (C=O) groups excluding carboxylic acids is 1. The molecule has 146 valence electrons. The minimum atomic E-state index is -0.0505. The predicted octanol–water partition coefficient (Wildman–Crippen LogP) is 4.94. The number of rotatable bonds is 9. The van der Waals surface area contributed by atoms with Gasteiger partial charge in [-0.3, -0.25) is 4.79 Å². The lowest BCUT2D eigenvalue weighted by atomic mass is 10.1. The van der Waals surface area contributed by atoms with Gasteiger partial charge in [0, 0.05) is 19.6 Å². The van der Waals surface area contributed by atoms with Gasteiger partial charge in [0.15, 0.2) is 0 Å². The number of amides is 1. The van der Waals surface area contributed by atoms with E-state index in [0.29, 0.717) is 18.0 Å². The molecule has 0 saturated heterocycles. The standard InChI is InChI=1S/C23H26N2O2S/c1-17-22(28-21(25-17)16-19-10-5-3-6-11-19)23(26)24-14-9-15-27-18(2)20-12-7-4-8-13-20/h3-8,10-13,18H,9,14-16H2,1-2H3,(H,24,26). The summed E-state index contributed by atoms with van der Waals surface area (Å²) in [6, 6.07) is 20.3. The normalized spacial score (nSPS) is 11.9. The number of ether oxygens (including phenoxy) is 1. The smallest absolute Gasteiger partial charge is 0.263 e. The highest BCUT2D eigenvalue weighted by atomic mass is 32.1. The first-order valence-corrected chi connectivity index (χ1v) is 10.4. The highest BCUT2D eigenvalue weighted by Gasteiger charge is 2.15. The van der Waals surface area contributed by atoms with E-state index in [1.54, 1.807) is 0 Å². The Morgan fingerprint density at radius 1 is 1.11 bits per heavy atom. The number of carbonyl (C=O) groups is 1. The first kappa shape index (κ1) is 20.2. The minimum absolute atomic E-state index is 0.0505. The van der Waals surface area contributed by atoms with Crippen molar-refractivity contribution in [2.75, 3.05) is 13.2 Å². The second-order valence-corrected chi connectivity index (χ2v) is 7.80. The summed E-state index contributed by atoms with van der Waals surface area (Å²) in [7, 11) is 0. The number of hydrogen-bond donors (Lipinski definition) is 1. The Balaban J connectivity index is 1.42. The molecule has 4 nitrogen and oxygen atoms in total. The molecule has 2 aromatic carbocycles. The first-order valence-electron chi connectivity index (χ1n) is 9.58. The van der Waals surface area contributed by atoms with Crippen LogP contribution in [-0.2, 0) is 11.2 Å². The van der Waals surface area contributed by atoms with Crippen LogP contribution < -0.4 is 5.32 Å². The van der Waals surface area contributed by atoms with Crippen LogP contribution in [-0.4, -0.2) is 24.0 Å². The summed E-state index contributed by atoms with van der Waals surface area (Å²) in [4.78, 5) is 17.7. The Hall–Kier alpha value is -2.50. The monoisotopic (exact) mass is 394 g/mol. The summed E-state index contributed by atoms with van der Waals surface area (Å²) in [5, 5.41) is 3.95. The summed E-state index contributed by atoms with van der Waals surface area (Å²) in [5.41, 5.74) is 3.16. The van der Waals surface area contributed by atoms with Crippen molar-refractivity contribution in [3.8, 4) is 0 Å². The van der Waals surface area contributed by atoms with Crippen molar-refractivity contribution >= 4 is 17.2 Å². The van der Waals surface area contributed by atoms with E-state index < -0.39 is 0 Å². The van der Waals surface area contributed by atoms with Gasteiger partial charge in [-0.15, -0.1) is 11.3 Å². The quantitative estimate of drug-likeness (QED) is 0.523. The van der Waals surface area contributed by atoms with Crippen molar-refractivity contribution in [1.82, 2.24) is 10.3 Å². The van der Waals surface area contributed by atoms with Crippen molar-refractivity contribution in [2.45, 2.75) is 32.8 Å². The van der Waals surface area contributed by atoms with Crippen LogP contribution in [0.1, 0.15) is 50.9 Å². The van der Waals surface area contributed by atoms with Gasteiger partial charge in [0.25, 0.3) is 5.91 Å². The highest BCUT2D eigenvalue weighted by molar-refractivity contribution is 7.13. The third kappa shape index (κ3) is 5.75. The Morgan fingerprint density at radius 3 is 2.50 bits per heavy atom. The van der Waals surface area contributed by atoms with Crippen LogP contribution in [0.3, 0.4) is 0 Å². The van der Waals surface area contributed by atoms with E-state index in [1.165, 1.54) is 16.9 Å². The Morgan fingerprint density at radius 2 is 1.79 bits per heavy atom. The lowest BCUT2D eigenvalue weighted by Gasteiger charge is -2.13. The topological polar surface area (TPSA) is 51.2 Å². The number of hydrogen-bond acceptors (Lipinski definition) is 4. The van der Waals surface area contributed by atoms with Crippen LogP contribution >= 0.6 is 11.3 Å². The van der Waals surface area contributed by atoms with Crippen LogP contribution in [0.5, 0.6) is 0 Å². The Bertz CT molecular complexity index is 878. The van der Waals surface area contributed by atoms with Crippen LogP contribution in [0, 0.1) is 6.92 Å². The first-order chi connectivity index (χ1) is 13.6. The molecule has 28 heavy (non-hydrogen) atoms. The van der Waals surface area contributed by atoms with Crippen molar-refractivity contribution in [1.29, 1.82) is 0 Å². The van der Waals surface area contributed by atoms with E-state index in [-0.39, 0.29) is 12.0 Å². The molecule has 0 aliphatic rings. The van der Waals surface area contributed by atoms with Gasteiger partial charge < -0.3 is 10.1 Å². The predicted molar refractivity (Wildman–Crippen MR) is 114 cm³/mol. The van der Waals surface area contributed by atoms with Gasteiger partial charge in [0.1, 0.15) is 4.88 Å². The molecule has 5 heteroatoms. The van der Waals surface area contributed by atoms with Crippen molar-refractivity contribution in [2.24, 2.45) is 0 Å². The van der Waals surface area contributed by atoms with Gasteiger partial charge in [0.05, 0.1) is 16.8 Å². The number of benzene rings is 2. The average molecular weight is 395 g/mol. The molecule has 1 aromatic heterocycles. The number of nitrogens with one attached hydrogen (secondary N) is 1. The minimum Gasteiger partial charge on any atom is -0.374 e. The van der Waals surface area contributed by atoms with Gasteiger partial charge in [-0.05, 0) is 31.4 Å². The van der Waals surface area contributed by atoms with Gasteiger partial charge in [-0.2, -0.15) is 0 Å². The van der Waals surface area contributed by atoms with Crippen molar-refractivity contribution in [3.05, 3.63) is 87.4 Å². The number of aryl methyl sites for hydroxylation is 1. The molecule has 1 atom stereocenters. The lowest BCUT2D eigenvalue weighted by Crippen LogP contribution is -2.25. The van der Waals surface area contributed by atoms with E-state index in [1.807, 2.05) is 50.2 Å². The zero-order valence-corrected chi connectivity index (χ0v) is 17.2. The van der Waals surface area contributed by atoms with Gasteiger partial charge >= 0.3 is 0 Å². The maximum Gasteiger partial charge on any atom is 0.263 e.